The molecule has 4 heteroatoms. The lowest BCUT2D eigenvalue weighted by Crippen LogP contribution is -2.48. The van der Waals surface area contributed by atoms with Crippen molar-refractivity contribution in [1.82, 2.24) is 0 Å². The van der Waals surface area contributed by atoms with Gasteiger partial charge in [0, 0.05) is 16.9 Å². The number of anilines is 2. The molecule has 1 heterocycles. The minimum atomic E-state index is -1.48. The molecule has 1 N–H and O–H groups in total. The molecule has 130 valence electrons. The van der Waals surface area contributed by atoms with Gasteiger partial charge in [-0.3, -0.25) is 9.80 Å². The maximum Gasteiger partial charge on any atom is 0.332 e. The highest BCUT2D eigenvalue weighted by atomic mass is 16.3. The third-order valence-electron chi connectivity index (χ3n) is 4.96. The van der Waals surface area contributed by atoms with Gasteiger partial charge in [0.15, 0.2) is 5.72 Å². The Bertz CT molecular complexity index is 899. The average Bonchev–Trinajstić information content (AvgIpc) is 2.90. The van der Waals surface area contributed by atoms with Gasteiger partial charge in [-0.05, 0) is 31.2 Å². The number of rotatable bonds is 3. The smallest absolute Gasteiger partial charge is 0.332 e. The fraction of sp³-hybridized carbons (Fsp3) is 0.136. The van der Waals surface area contributed by atoms with E-state index in [-0.39, 0.29) is 6.03 Å². The Labute approximate surface area is 152 Å². The topological polar surface area (TPSA) is 43.8 Å². The number of benzene rings is 3. The Balaban J connectivity index is 1.91. The molecule has 4 rings (SSSR count). The highest BCUT2D eigenvalue weighted by Gasteiger charge is 2.56. The zero-order chi connectivity index (χ0) is 18.1. The van der Waals surface area contributed by atoms with Crippen LogP contribution in [0.2, 0.25) is 0 Å². The normalized spacial score (nSPS) is 22.7. The van der Waals surface area contributed by atoms with Crippen molar-refractivity contribution in [2.75, 3.05) is 9.80 Å². The molecule has 26 heavy (non-hydrogen) atoms. The molecule has 1 fully saturated rings. The Morgan fingerprint density at radius 3 is 1.77 bits per heavy atom. The number of para-hydroxylation sites is 2. The highest BCUT2D eigenvalue weighted by Crippen LogP contribution is 2.44. The summed E-state index contributed by atoms with van der Waals surface area (Å²) in [5.74, 6) is 0. The molecule has 1 aliphatic heterocycles. The van der Waals surface area contributed by atoms with E-state index in [1.54, 1.807) is 4.90 Å². The van der Waals surface area contributed by atoms with Gasteiger partial charge in [0.05, 0.1) is 6.04 Å². The Hall–Kier alpha value is -3.11. The van der Waals surface area contributed by atoms with Gasteiger partial charge in [-0.15, -0.1) is 0 Å². The first-order valence-corrected chi connectivity index (χ1v) is 8.65. The van der Waals surface area contributed by atoms with E-state index in [9.17, 15) is 9.90 Å². The average molecular weight is 344 g/mol. The van der Waals surface area contributed by atoms with Crippen LogP contribution in [-0.4, -0.2) is 17.2 Å². The van der Waals surface area contributed by atoms with Crippen LogP contribution in [0.5, 0.6) is 0 Å². The molecule has 0 saturated carbocycles. The first-order valence-electron chi connectivity index (χ1n) is 8.65. The molecule has 0 radical (unpaired) electrons. The molecule has 2 atom stereocenters. The summed E-state index contributed by atoms with van der Waals surface area (Å²) in [7, 11) is 0. The zero-order valence-electron chi connectivity index (χ0n) is 14.5. The molecule has 1 aliphatic rings. The van der Waals surface area contributed by atoms with E-state index in [4.69, 9.17) is 0 Å². The molecule has 0 bridgehead atoms. The molecular weight excluding hydrogens is 324 g/mol. The lowest BCUT2D eigenvalue weighted by Gasteiger charge is -2.35. The molecule has 3 aromatic rings. The summed E-state index contributed by atoms with van der Waals surface area (Å²) < 4.78 is 0. The van der Waals surface area contributed by atoms with E-state index in [1.807, 2.05) is 97.9 Å². The summed E-state index contributed by atoms with van der Waals surface area (Å²) in [5.41, 5.74) is 0.630. The Morgan fingerprint density at radius 2 is 1.23 bits per heavy atom. The van der Waals surface area contributed by atoms with Crippen molar-refractivity contribution in [3.8, 4) is 0 Å². The second kappa shape index (κ2) is 6.32. The molecule has 0 aliphatic carbocycles. The van der Waals surface area contributed by atoms with Gasteiger partial charge in [-0.25, -0.2) is 4.79 Å². The first-order chi connectivity index (χ1) is 12.6. The number of hydrogen-bond acceptors (Lipinski definition) is 2. The number of carbonyl (C=O) groups excluding carboxylic acids is 1. The van der Waals surface area contributed by atoms with E-state index in [0.29, 0.717) is 11.3 Å². The predicted octanol–water partition coefficient (Wildman–Crippen LogP) is 4.37. The summed E-state index contributed by atoms with van der Waals surface area (Å²) in [4.78, 5) is 16.5. The number of hydrogen-bond donors (Lipinski definition) is 1. The van der Waals surface area contributed by atoms with Crippen LogP contribution in [0.4, 0.5) is 16.2 Å². The van der Waals surface area contributed by atoms with Crippen molar-refractivity contribution >= 4 is 17.4 Å². The minimum Gasteiger partial charge on any atom is -0.365 e. The number of amides is 2. The van der Waals surface area contributed by atoms with Crippen molar-refractivity contribution in [1.29, 1.82) is 0 Å². The van der Waals surface area contributed by atoms with Crippen molar-refractivity contribution in [3.05, 3.63) is 96.6 Å². The van der Waals surface area contributed by atoms with E-state index in [0.717, 1.165) is 5.69 Å². The summed E-state index contributed by atoms with van der Waals surface area (Å²) in [6, 6.07) is 27.4. The molecule has 0 aromatic heterocycles. The summed E-state index contributed by atoms with van der Waals surface area (Å²) in [5, 5.41) is 11.8. The van der Waals surface area contributed by atoms with Crippen LogP contribution in [0.25, 0.3) is 0 Å². The Kier molecular flexibility index (Phi) is 3.98. The van der Waals surface area contributed by atoms with Gasteiger partial charge in [-0.1, -0.05) is 66.7 Å². The first kappa shape index (κ1) is 16.4. The maximum absolute atomic E-state index is 13.4. The van der Waals surface area contributed by atoms with Crippen molar-refractivity contribution in [2.24, 2.45) is 0 Å². The number of aliphatic hydroxyl groups is 1. The van der Waals surface area contributed by atoms with E-state index < -0.39 is 11.8 Å². The second-order valence-corrected chi connectivity index (χ2v) is 6.43. The van der Waals surface area contributed by atoms with Crippen LogP contribution in [0.1, 0.15) is 12.5 Å². The predicted molar refractivity (Wildman–Crippen MR) is 103 cm³/mol. The summed E-state index contributed by atoms with van der Waals surface area (Å²) in [6.07, 6.45) is 0. The van der Waals surface area contributed by atoms with Gasteiger partial charge < -0.3 is 5.11 Å². The van der Waals surface area contributed by atoms with Gasteiger partial charge in [-0.2, -0.15) is 0 Å². The minimum absolute atomic E-state index is 0.249. The van der Waals surface area contributed by atoms with Crippen LogP contribution in [0.15, 0.2) is 91.0 Å². The standard InChI is InChI=1S/C22H20N2O2/c1-17-22(26,18-11-5-2-6-12-18)24(20-15-9-4-10-16-20)21(25)23(17)19-13-7-3-8-14-19/h2-17,26H,1H3. The van der Waals surface area contributed by atoms with Crippen molar-refractivity contribution in [2.45, 2.75) is 18.7 Å². The van der Waals surface area contributed by atoms with E-state index in [1.165, 1.54) is 4.90 Å². The van der Waals surface area contributed by atoms with Gasteiger partial charge in [0.1, 0.15) is 0 Å². The summed E-state index contributed by atoms with van der Waals surface area (Å²) in [6.45, 7) is 1.88. The molecule has 3 aromatic carbocycles. The van der Waals surface area contributed by atoms with Crippen LogP contribution in [-0.2, 0) is 5.72 Å². The molecule has 2 unspecified atom stereocenters. The fourth-order valence-electron chi connectivity index (χ4n) is 3.65. The van der Waals surface area contributed by atoms with Gasteiger partial charge >= 0.3 is 6.03 Å². The second-order valence-electron chi connectivity index (χ2n) is 6.43. The van der Waals surface area contributed by atoms with Crippen LogP contribution in [0.3, 0.4) is 0 Å². The lowest BCUT2D eigenvalue weighted by molar-refractivity contribution is 0.0372. The fourth-order valence-corrected chi connectivity index (χ4v) is 3.65. The van der Waals surface area contributed by atoms with E-state index >= 15 is 0 Å². The molecule has 2 amide bonds. The third kappa shape index (κ3) is 2.38. The molecule has 0 spiro atoms. The van der Waals surface area contributed by atoms with Crippen LogP contribution < -0.4 is 9.80 Å². The highest BCUT2D eigenvalue weighted by molar-refractivity contribution is 6.08. The molecule has 4 nitrogen and oxygen atoms in total. The van der Waals surface area contributed by atoms with Gasteiger partial charge in [0.25, 0.3) is 0 Å². The third-order valence-corrected chi connectivity index (χ3v) is 4.96. The van der Waals surface area contributed by atoms with Crippen molar-refractivity contribution < 1.29 is 9.90 Å². The summed E-state index contributed by atoms with van der Waals surface area (Å²) >= 11 is 0. The lowest BCUT2D eigenvalue weighted by atomic mass is 9.94. The van der Waals surface area contributed by atoms with Crippen LogP contribution in [0, 0.1) is 0 Å². The quantitative estimate of drug-likeness (QED) is 0.767. The largest absolute Gasteiger partial charge is 0.365 e. The van der Waals surface area contributed by atoms with Gasteiger partial charge in [0.2, 0.25) is 0 Å². The van der Waals surface area contributed by atoms with Crippen molar-refractivity contribution in [3.63, 3.8) is 0 Å². The number of urea groups is 1. The monoisotopic (exact) mass is 344 g/mol. The van der Waals surface area contributed by atoms with E-state index in [2.05, 4.69) is 0 Å². The zero-order valence-corrected chi connectivity index (χ0v) is 14.5. The maximum atomic E-state index is 13.4. The Morgan fingerprint density at radius 1 is 0.769 bits per heavy atom. The van der Waals surface area contributed by atoms with Crippen LogP contribution >= 0.6 is 0 Å². The molecule has 1 saturated heterocycles. The molecular formula is C22H20N2O2. The number of carbonyl (C=O) groups is 1. The number of nitrogens with zero attached hydrogens (tertiary/aromatic N) is 2. The SMILES string of the molecule is CC1N(c2ccccc2)C(=O)N(c2ccccc2)C1(O)c1ccccc1.